The second-order valence-corrected chi connectivity index (χ2v) is 17.0. The molecule has 188 valence electrons. The van der Waals surface area contributed by atoms with Crippen LogP contribution in [0.25, 0.3) is 0 Å². The van der Waals surface area contributed by atoms with Crippen molar-refractivity contribution < 1.29 is 55.2 Å². The van der Waals surface area contributed by atoms with Crippen LogP contribution in [0.5, 0.6) is 0 Å². The Kier molecular flexibility index (Phi) is 22.0. The topological polar surface area (TPSA) is 107 Å². The van der Waals surface area contributed by atoms with Crippen molar-refractivity contribution in [1.29, 1.82) is 0 Å². The molecule has 0 aliphatic carbocycles. The van der Waals surface area contributed by atoms with E-state index >= 15 is 0 Å². The first-order valence-electron chi connectivity index (χ1n) is 10.9. The molecule has 0 aliphatic rings. The number of ether oxygens (including phenoxy) is 6. The first-order chi connectivity index (χ1) is 14.8. The van der Waals surface area contributed by atoms with Gasteiger partial charge in [-0.2, -0.15) is 0 Å². The Morgan fingerprint density at radius 3 is 1.03 bits per heavy atom. The molecule has 0 aromatic carbocycles. The predicted molar refractivity (Wildman–Crippen MR) is 116 cm³/mol. The van der Waals surface area contributed by atoms with Gasteiger partial charge in [0.2, 0.25) is 0 Å². The molecule has 11 heteroatoms. The Bertz CT molecular complexity index is 450. The summed E-state index contributed by atoms with van der Waals surface area (Å²) >= 11 is -3.14. The Hall–Kier alpha value is -0.621. The van der Waals surface area contributed by atoms with Gasteiger partial charge < -0.3 is 12.4 Å². The van der Waals surface area contributed by atoms with Gasteiger partial charge in [-0.15, -0.1) is 0 Å². The van der Waals surface area contributed by atoms with Crippen molar-refractivity contribution in [2.45, 2.75) is 53.3 Å². The third kappa shape index (κ3) is 13.8. The molecule has 0 rings (SSSR count). The van der Waals surface area contributed by atoms with Gasteiger partial charge in [-0.3, -0.25) is 0 Å². The van der Waals surface area contributed by atoms with E-state index in [1.165, 1.54) is 0 Å². The monoisotopic (exact) mass is 590 g/mol. The van der Waals surface area contributed by atoms with Crippen molar-refractivity contribution >= 4 is 37.7 Å². The van der Waals surface area contributed by atoms with E-state index in [1.54, 1.807) is 20.8 Å². The fourth-order valence-electron chi connectivity index (χ4n) is 2.94. The average molecular weight is 590 g/mol. The molecule has 0 heterocycles. The molecule has 0 aliphatic heterocycles. The van der Waals surface area contributed by atoms with Crippen molar-refractivity contribution in [2.24, 2.45) is 0 Å². The second kappa shape index (κ2) is 20.9. The first kappa shape index (κ1) is 33.6. The fourth-order valence-corrected chi connectivity index (χ4v) is 12.4. The number of rotatable bonds is 18. The molecule has 0 saturated carbocycles. The van der Waals surface area contributed by atoms with Crippen LogP contribution in [0.1, 0.15) is 41.5 Å². The predicted octanol–water partition coefficient (Wildman–Crippen LogP) is -0.605. The number of esters is 3. The van der Waals surface area contributed by atoms with Crippen molar-refractivity contribution in [3.05, 3.63) is 0 Å². The van der Waals surface area contributed by atoms with E-state index in [2.05, 4.69) is 0 Å². The van der Waals surface area contributed by atoms with Crippen LogP contribution in [0, 0.1) is 0 Å². The van der Waals surface area contributed by atoms with Gasteiger partial charge in [-0.05, 0) is 0 Å². The van der Waals surface area contributed by atoms with Gasteiger partial charge in [0.25, 0.3) is 0 Å². The normalized spacial score (nSPS) is 13.3. The molecule has 3 unspecified atom stereocenters. The van der Waals surface area contributed by atoms with Crippen molar-refractivity contribution in [3.63, 3.8) is 0 Å². The zero-order valence-electron chi connectivity index (χ0n) is 20.1. The third-order valence-corrected chi connectivity index (χ3v) is 15.2. The van der Waals surface area contributed by atoms with Gasteiger partial charge in [0.05, 0.1) is 0 Å². The summed E-state index contributed by atoms with van der Waals surface area (Å²) in [6.07, 6.45) is 0. The fraction of sp³-hybridized carbons (Fsp3) is 0.857. The molecule has 0 bridgehead atoms. The maximum atomic E-state index is 12.6. The van der Waals surface area contributed by atoms with Gasteiger partial charge in [-0.1, -0.05) is 0 Å². The molecule has 0 spiro atoms. The Morgan fingerprint density at radius 1 is 0.562 bits per heavy atom. The van der Waals surface area contributed by atoms with E-state index in [-0.39, 0.29) is 32.2 Å². The molecule has 3 atom stereocenters. The molecular formula is C21H39ClO9Sn. The summed E-state index contributed by atoms with van der Waals surface area (Å²) in [6, 6.07) is 0. The van der Waals surface area contributed by atoms with E-state index in [1.807, 2.05) is 20.8 Å². The zero-order chi connectivity index (χ0) is 23.6. The Balaban J connectivity index is 0. The van der Waals surface area contributed by atoms with E-state index in [9.17, 15) is 14.4 Å². The summed E-state index contributed by atoms with van der Waals surface area (Å²) in [6.45, 7) is 13.7. The van der Waals surface area contributed by atoms with Crippen molar-refractivity contribution in [2.75, 3.05) is 59.5 Å². The molecule has 0 aromatic rings. The second-order valence-electron chi connectivity index (χ2n) is 6.76. The van der Waals surface area contributed by atoms with Crippen LogP contribution < -0.4 is 12.4 Å². The molecule has 0 aromatic heterocycles. The molecule has 0 fully saturated rings. The molecule has 0 saturated heterocycles. The van der Waals surface area contributed by atoms with E-state index in [0.29, 0.717) is 39.6 Å². The summed E-state index contributed by atoms with van der Waals surface area (Å²) in [5, 5.41) is 0. The van der Waals surface area contributed by atoms with Crippen molar-refractivity contribution in [3.8, 4) is 0 Å². The minimum atomic E-state index is -3.14. The molecular weight excluding hydrogens is 550 g/mol. The minimum Gasteiger partial charge on any atom is -1.00 e. The maximum Gasteiger partial charge on any atom is -1.00 e. The van der Waals surface area contributed by atoms with Crippen LogP contribution in [0.4, 0.5) is 0 Å². The molecule has 32 heavy (non-hydrogen) atoms. The molecule has 9 nitrogen and oxygen atoms in total. The van der Waals surface area contributed by atoms with Gasteiger partial charge in [0.1, 0.15) is 0 Å². The molecule has 0 radical (unpaired) electrons. The van der Waals surface area contributed by atoms with Gasteiger partial charge in [0, 0.05) is 0 Å². The Morgan fingerprint density at radius 2 is 0.812 bits per heavy atom. The first-order valence-corrected chi connectivity index (χ1v) is 15.9. The number of halogens is 1. The van der Waals surface area contributed by atoms with E-state index in [0.717, 1.165) is 0 Å². The summed E-state index contributed by atoms with van der Waals surface area (Å²) < 4.78 is 29.9. The van der Waals surface area contributed by atoms with Crippen LogP contribution >= 0.6 is 0 Å². The maximum absolute atomic E-state index is 12.6. The van der Waals surface area contributed by atoms with Crippen LogP contribution in [0.3, 0.4) is 0 Å². The van der Waals surface area contributed by atoms with E-state index < -0.39 is 49.5 Å². The van der Waals surface area contributed by atoms with Crippen LogP contribution in [0.15, 0.2) is 0 Å². The van der Waals surface area contributed by atoms with Crippen LogP contribution in [0.2, 0.25) is 11.8 Å². The molecule has 0 N–H and O–H groups in total. The molecule has 0 amide bonds. The van der Waals surface area contributed by atoms with Crippen molar-refractivity contribution in [1.82, 2.24) is 0 Å². The summed E-state index contributed by atoms with van der Waals surface area (Å²) in [5.74, 6) is -1.26. The Labute approximate surface area is 205 Å². The smallest absolute Gasteiger partial charge is 1.00 e. The van der Waals surface area contributed by atoms with Crippen LogP contribution in [-0.4, -0.2) is 97.1 Å². The van der Waals surface area contributed by atoms with Crippen LogP contribution in [-0.2, 0) is 42.8 Å². The summed E-state index contributed by atoms with van der Waals surface area (Å²) in [5.41, 5.74) is 0. The number of carbonyl (C=O) groups excluding carboxylic acids is 3. The van der Waals surface area contributed by atoms with E-state index in [4.69, 9.17) is 28.4 Å². The van der Waals surface area contributed by atoms with Gasteiger partial charge >= 0.3 is 193 Å². The quantitative estimate of drug-likeness (QED) is 0.0897. The third-order valence-electron chi connectivity index (χ3n) is 4.59. The number of carbonyl (C=O) groups is 3. The number of hydrogen-bond acceptors (Lipinski definition) is 9. The SMILES string of the molecule is CCOCCOC(=O)[CH](C)[Sn+]([CH](C)C(=O)OCCOCC)[CH](C)C(=O)OCCOCC.[Cl-]. The average Bonchev–Trinajstić information content (AvgIpc) is 2.76. The van der Waals surface area contributed by atoms with Gasteiger partial charge in [-0.25, -0.2) is 0 Å². The minimum absolute atomic E-state index is 0. The number of hydrogen-bond donors (Lipinski definition) is 0. The standard InChI is InChI=1S/3C7H13O3.ClH.Sn/c3*1-3-7(8)10-6-5-9-4-2;;/h3*3H,4-6H2,1-2H3;1H;/q;;;;+1/p-1. The summed E-state index contributed by atoms with van der Waals surface area (Å²) in [4.78, 5) is 37.9. The zero-order valence-corrected chi connectivity index (χ0v) is 23.8. The summed E-state index contributed by atoms with van der Waals surface area (Å²) in [7, 11) is 0. The largest absolute Gasteiger partial charge is 1.00 e. The van der Waals surface area contributed by atoms with Gasteiger partial charge in [0.15, 0.2) is 0 Å².